The number of hydrogen-bond acceptors (Lipinski definition) is 7. The Labute approximate surface area is 60.8 Å². The lowest BCUT2D eigenvalue weighted by atomic mass is 10.4. The van der Waals surface area contributed by atoms with E-state index in [9.17, 15) is 10.1 Å². The first-order valence-electron chi connectivity index (χ1n) is 2.53. The van der Waals surface area contributed by atoms with E-state index in [0.717, 1.165) is 0 Å². The third-order valence-corrected chi connectivity index (χ3v) is 1.10. The summed E-state index contributed by atoms with van der Waals surface area (Å²) in [6, 6.07) is 0. The summed E-state index contributed by atoms with van der Waals surface area (Å²) in [7, 11) is 0. The molecule has 0 bridgehead atoms. The van der Waals surface area contributed by atoms with Gasteiger partial charge in [0.2, 0.25) is 0 Å². The van der Waals surface area contributed by atoms with Gasteiger partial charge in [0.25, 0.3) is 0 Å². The van der Waals surface area contributed by atoms with E-state index in [1.54, 1.807) is 0 Å². The molecule has 0 aromatic carbocycles. The lowest BCUT2D eigenvalue weighted by Gasteiger charge is -2.10. The average Bonchev–Trinajstić information content (AvgIpc) is 2.32. The topological polar surface area (TPSA) is 115 Å². The molecule has 8 heteroatoms. The molecule has 11 heavy (non-hydrogen) atoms. The van der Waals surface area contributed by atoms with Gasteiger partial charge in [-0.15, -0.1) is 0 Å². The van der Waals surface area contributed by atoms with Gasteiger partial charge < -0.3 is 10.1 Å². The first-order valence-corrected chi connectivity index (χ1v) is 2.53. The highest BCUT2D eigenvalue weighted by molar-refractivity contribution is 5.84. The lowest BCUT2D eigenvalue weighted by molar-refractivity contribution is -0.356. The summed E-state index contributed by atoms with van der Waals surface area (Å²) >= 11 is 0. The summed E-state index contributed by atoms with van der Waals surface area (Å²) < 4.78 is 0. The van der Waals surface area contributed by atoms with Crippen LogP contribution in [0, 0.1) is 10.1 Å². The Balaban J connectivity index is 2.95. The van der Waals surface area contributed by atoms with Crippen LogP contribution in [-0.2, 0) is 4.94 Å². The van der Waals surface area contributed by atoms with Crippen molar-refractivity contribution in [2.75, 3.05) is 0 Å². The van der Waals surface area contributed by atoms with Crippen LogP contribution in [0.4, 0.5) is 0 Å². The Hall–Kier alpha value is -1.54. The van der Waals surface area contributed by atoms with Crippen LogP contribution in [0.25, 0.3) is 0 Å². The molecule has 1 unspecified atom stereocenters. The molecule has 0 amide bonds. The molecular formula is C3H5N5O3. The smallest absolute Gasteiger partial charge is 0.358 e. The number of hydroxylamine groups is 1. The maximum absolute atomic E-state index is 10.2. The predicted octanol–water partition coefficient (Wildman–Crippen LogP) is -1.58. The van der Waals surface area contributed by atoms with Crippen LogP contribution in [-0.4, -0.2) is 23.3 Å². The maximum Gasteiger partial charge on any atom is 0.448 e. The number of nitrogens with one attached hydrogen (secondary N) is 1. The van der Waals surface area contributed by atoms with Crippen molar-refractivity contribution in [3.05, 3.63) is 10.1 Å². The highest BCUT2D eigenvalue weighted by Crippen LogP contribution is 2.08. The normalized spacial score (nSPS) is 29.0. The first kappa shape index (κ1) is 7.57. The van der Waals surface area contributed by atoms with Gasteiger partial charge in [0.15, 0.2) is 5.16 Å². The second kappa shape index (κ2) is 2.25. The Morgan fingerprint density at radius 1 is 2.00 bits per heavy atom. The fourth-order valence-corrected chi connectivity index (χ4v) is 0.526. The van der Waals surface area contributed by atoms with E-state index >= 15 is 0 Å². The van der Waals surface area contributed by atoms with Gasteiger partial charge in [-0.05, 0) is 11.6 Å². The number of hydrogen-bond donors (Lipinski definition) is 2. The molecule has 3 N–H and O–H groups in total. The van der Waals surface area contributed by atoms with Crippen LogP contribution in [0.3, 0.4) is 0 Å². The van der Waals surface area contributed by atoms with Crippen LogP contribution < -0.4 is 11.2 Å². The Morgan fingerprint density at radius 2 is 2.64 bits per heavy atom. The zero-order valence-corrected chi connectivity index (χ0v) is 5.35. The Bertz CT molecular complexity index is 237. The molecule has 1 heterocycles. The summed E-state index contributed by atoms with van der Waals surface area (Å²) in [5.41, 5.74) is 7.28. The molecule has 1 aliphatic rings. The van der Waals surface area contributed by atoms with Gasteiger partial charge in [-0.1, -0.05) is 5.48 Å². The van der Waals surface area contributed by atoms with Gasteiger partial charge in [0, 0.05) is 0 Å². The van der Waals surface area contributed by atoms with Crippen LogP contribution in [0.1, 0.15) is 0 Å². The molecule has 0 spiro atoms. The van der Waals surface area contributed by atoms with Gasteiger partial charge in [-0.3, -0.25) is 5.73 Å². The molecule has 0 saturated heterocycles. The zero-order valence-electron chi connectivity index (χ0n) is 5.35. The van der Waals surface area contributed by atoms with Crippen molar-refractivity contribution in [1.29, 1.82) is 0 Å². The molecule has 0 radical (unpaired) electrons. The van der Waals surface area contributed by atoms with E-state index in [-0.39, 0.29) is 0 Å². The molecule has 8 nitrogen and oxygen atoms in total. The van der Waals surface area contributed by atoms with Crippen molar-refractivity contribution in [3.63, 3.8) is 0 Å². The number of nitro groups is 1. The fraction of sp³-hybridized carbons (Fsp3) is 0.333. The van der Waals surface area contributed by atoms with Gasteiger partial charge in [-0.25, -0.2) is 4.99 Å². The molecule has 0 aromatic rings. The van der Waals surface area contributed by atoms with Crippen LogP contribution in [0.2, 0.25) is 0 Å². The van der Waals surface area contributed by atoms with Crippen LogP contribution in [0.15, 0.2) is 10.1 Å². The standard InChI is InChI=1S/C3H5N5O3/c1-5-3(4)2(8(9)10)6-11-7-3/h7H,1,4H2. The molecular weight excluding hydrogens is 154 g/mol. The minimum absolute atomic E-state index is 0.618. The summed E-state index contributed by atoms with van der Waals surface area (Å²) in [6.07, 6.45) is 0. The molecule has 0 aromatic heterocycles. The van der Waals surface area contributed by atoms with E-state index in [2.05, 4.69) is 21.8 Å². The fourth-order valence-electron chi connectivity index (χ4n) is 0.526. The summed E-state index contributed by atoms with van der Waals surface area (Å²) in [4.78, 5) is 16.8. The Kier molecular flexibility index (Phi) is 1.55. The summed E-state index contributed by atoms with van der Waals surface area (Å²) in [6.45, 7) is 3.04. The van der Waals surface area contributed by atoms with Crippen molar-refractivity contribution in [1.82, 2.24) is 5.48 Å². The number of oxime groups is 1. The number of nitrogens with two attached hydrogens (primary N) is 1. The van der Waals surface area contributed by atoms with Crippen LogP contribution in [0.5, 0.6) is 0 Å². The highest BCUT2D eigenvalue weighted by atomic mass is 16.8. The minimum Gasteiger partial charge on any atom is -0.358 e. The van der Waals surface area contributed by atoms with E-state index in [0.29, 0.717) is 0 Å². The molecule has 0 aliphatic carbocycles. The molecule has 1 atom stereocenters. The second-order valence-corrected chi connectivity index (χ2v) is 1.79. The number of amidine groups is 1. The van der Waals surface area contributed by atoms with Crippen molar-refractivity contribution in [2.45, 2.75) is 5.79 Å². The molecule has 0 saturated carbocycles. The van der Waals surface area contributed by atoms with Gasteiger partial charge in [0.05, 0.1) is 0 Å². The lowest BCUT2D eigenvalue weighted by Crippen LogP contribution is -2.55. The van der Waals surface area contributed by atoms with Gasteiger partial charge >= 0.3 is 11.6 Å². The van der Waals surface area contributed by atoms with Gasteiger partial charge in [0.1, 0.15) is 0 Å². The summed E-state index contributed by atoms with van der Waals surface area (Å²) in [5.74, 6) is -2.35. The van der Waals surface area contributed by atoms with Crippen molar-refractivity contribution in [2.24, 2.45) is 15.9 Å². The number of aliphatic imine (C=N–C) groups is 1. The van der Waals surface area contributed by atoms with Crippen molar-refractivity contribution >= 4 is 12.6 Å². The maximum atomic E-state index is 10.2. The Morgan fingerprint density at radius 3 is 3.00 bits per heavy atom. The number of nitrogens with zero attached hydrogens (tertiary/aromatic N) is 3. The molecule has 1 aliphatic heterocycles. The summed E-state index contributed by atoms with van der Waals surface area (Å²) in [5, 5.41) is 13.2. The minimum atomic E-state index is -1.73. The third kappa shape index (κ3) is 1.04. The van der Waals surface area contributed by atoms with Crippen LogP contribution >= 0.6 is 0 Å². The number of rotatable bonds is 1. The van der Waals surface area contributed by atoms with E-state index < -0.39 is 16.5 Å². The molecule has 0 fully saturated rings. The highest BCUT2D eigenvalue weighted by Gasteiger charge is 2.48. The predicted molar refractivity (Wildman–Crippen MR) is 35.1 cm³/mol. The average molecular weight is 159 g/mol. The van der Waals surface area contributed by atoms with E-state index in [4.69, 9.17) is 5.73 Å². The third-order valence-electron chi connectivity index (χ3n) is 1.10. The second-order valence-electron chi connectivity index (χ2n) is 1.79. The van der Waals surface area contributed by atoms with Gasteiger partial charge in [-0.2, -0.15) is 4.94 Å². The monoisotopic (exact) mass is 159 g/mol. The first-order chi connectivity index (χ1) is 5.10. The van der Waals surface area contributed by atoms with Crippen molar-refractivity contribution in [3.8, 4) is 0 Å². The zero-order chi connectivity index (χ0) is 8.48. The quantitative estimate of drug-likeness (QED) is 0.272. The molecule has 60 valence electrons. The van der Waals surface area contributed by atoms with Crippen molar-refractivity contribution < 1.29 is 9.86 Å². The van der Waals surface area contributed by atoms with E-state index in [1.165, 1.54) is 0 Å². The largest absolute Gasteiger partial charge is 0.448 e. The van der Waals surface area contributed by atoms with E-state index in [1.807, 2.05) is 5.48 Å². The molecule has 1 rings (SSSR count). The SMILES string of the molecule is C=NC1(N)NON=C1[N+](=O)[O-].